The van der Waals surface area contributed by atoms with Crippen LogP contribution in [0.1, 0.15) is 52.7 Å². The second kappa shape index (κ2) is 14.3. The number of thiophene rings is 1. The molecule has 1 aliphatic heterocycles. The molecule has 0 amide bonds. The van der Waals surface area contributed by atoms with Gasteiger partial charge in [0.2, 0.25) is 0 Å². The van der Waals surface area contributed by atoms with Crippen LogP contribution in [0.5, 0.6) is 0 Å². The van der Waals surface area contributed by atoms with E-state index in [1.807, 2.05) is 17.4 Å². The minimum Gasteiger partial charge on any atom is -0.456 e. The van der Waals surface area contributed by atoms with Crippen molar-refractivity contribution in [2.24, 2.45) is 0 Å². The van der Waals surface area contributed by atoms with Gasteiger partial charge in [0.25, 0.3) is 0 Å². The van der Waals surface area contributed by atoms with Crippen LogP contribution in [-0.4, -0.2) is 7.28 Å². The van der Waals surface area contributed by atoms with Gasteiger partial charge in [0.05, 0.1) is 16.4 Å². The number of furan rings is 2. The maximum atomic E-state index is 6.95. The van der Waals surface area contributed by atoms with Crippen LogP contribution in [0.15, 0.2) is 173 Å². The number of hydrogen-bond donors (Lipinski definition) is 1. The molecule has 4 nitrogen and oxygen atoms in total. The predicted octanol–water partition coefficient (Wildman–Crippen LogP) is 15.8. The Kier molecular flexibility index (Phi) is 8.60. The number of fused-ring (bicyclic) bond motifs is 10. The highest BCUT2D eigenvalue weighted by atomic mass is 32.1. The summed E-state index contributed by atoms with van der Waals surface area (Å²) in [6.07, 6.45) is 0. The Labute approximate surface area is 378 Å². The summed E-state index contributed by atoms with van der Waals surface area (Å²) < 4.78 is 15.1. The van der Waals surface area contributed by atoms with Crippen LogP contribution in [-0.2, 0) is 10.8 Å². The number of rotatable bonds is 5. The first-order chi connectivity index (χ1) is 31.0. The zero-order valence-corrected chi connectivity index (χ0v) is 37.7. The first-order valence-electron chi connectivity index (χ1n) is 22.2. The van der Waals surface area contributed by atoms with E-state index in [-0.39, 0.29) is 10.8 Å². The van der Waals surface area contributed by atoms with Crippen molar-refractivity contribution < 1.29 is 8.83 Å². The quantitative estimate of drug-likeness (QED) is 0.175. The van der Waals surface area contributed by atoms with E-state index in [9.17, 15) is 0 Å². The molecule has 4 heterocycles. The molecule has 0 atom stereocenters. The van der Waals surface area contributed by atoms with Crippen LogP contribution in [0, 0.1) is 0 Å². The molecule has 0 fully saturated rings. The summed E-state index contributed by atoms with van der Waals surface area (Å²) in [4.78, 5) is 2.51. The van der Waals surface area contributed by atoms with E-state index in [2.05, 4.69) is 217 Å². The fourth-order valence-electron chi connectivity index (χ4n) is 9.72. The van der Waals surface area contributed by atoms with Crippen LogP contribution in [0.3, 0.4) is 0 Å². The molecule has 3 aromatic heterocycles. The topological polar surface area (TPSA) is 41.6 Å². The Hall–Kier alpha value is -7.02. The van der Waals surface area contributed by atoms with Gasteiger partial charge in [-0.2, -0.15) is 0 Å². The average molecular weight is 846 g/mol. The Morgan fingerprint density at radius 2 is 1.17 bits per heavy atom. The summed E-state index contributed by atoms with van der Waals surface area (Å²) in [5.74, 6) is 0. The van der Waals surface area contributed by atoms with E-state index in [0.717, 1.165) is 83.2 Å². The molecule has 0 saturated carbocycles. The number of nitrogens with one attached hydrogen (secondary N) is 1. The largest absolute Gasteiger partial charge is 0.456 e. The van der Waals surface area contributed by atoms with Gasteiger partial charge in [-0.1, -0.05) is 151 Å². The first-order valence-corrected chi connectivity index (χ1v) is 23.0. The lowest BCUT2D eigenvalue weighted by atomic mass is 9.58. The molecular weight excluding hydrogens is 800 g/mol. The number of hydrogen-bond acceptors (Lipinski definition) is 5. The monoisotopic (exact) mass is 845 g/mol. The Morgan fingerprint density at radius 1 is 0.516 bits per heavy atom. The highest BCUT2D eigenvalue weighted by molar-refractivity contribution is 7.25. The van der Waals surface area contributed by atoms with Crippen LogP contribution in [0.4, 0.5) is 27.8 Å². The summed E-state index contributed by atoms with van der Waals surface area (Å²) in [6, 6.07) is 59.2. The van der Waals surface area contributed by atoms with Crippen molar-refractivity contribution in [3.63, 3.8) is 0 Å². The molecule has 12 rings (SSSR count). The molecule has 0 spiro atoms. The van der Waals surface area contributed by atoms with Gasteiger partial charge in [-0.05, 0) is 97.9 Å². The molecule has 309 valence electrons. The normalized spacial score (nSPS) is 12.9. The van der Waals surface area contributed by atoms with Gasteiger partial charge in [-0.25, -0.2) is 0 Å². The number of anilines is 5. The first kappa shape index (κ1) is 38.6. The number of benzene rings is 8. The van der Waals surface area contributed by atoms with E-state index in [0.29, 0.717) is 0 Å². The molecule has 1 radical (unpaired) electrons. The second-order valence-electron chi connectivity index (χ2n) is 19.2. The third kappa shape index (κ3) is 6.11. The van der Waals surface area contributed by atoms with E-state index >= 15 is 0 Å². The minimum atomic E-state index is -0.0439. The molecule has 0 bridgehead atoms. The minimum absolute atomic E-state index is 0.0271. The molecular formula is C58H46BN2O2S. The van der Waals surface area contributed by atoms with E-state index in [1.54, 1.807) is 0 Å². The van der Waals surface area contributed by atoms with Crippen LogP contribution in [0.25, 0.3) is 76.2 Å². The molecule has 1 N–H and O–H groups in total. The zero-order valence-electron chi connectivity index (χ0n) is 36.8. The molecule has 0 saturated heterocycles. The summed E-state index contributed by atoms with van der Waals surface area (Å²) in [5.41, 5.74) is 16.8. The molecule has 64 heavy (non-hydrogen) atoms. The second-order valence-corrected chi connectivity index (χ2v) is 20.2. The van der Waals surface area contributed by atoms with Gasteiger partial charge >= 0.3 is 0 Å². The lowest BCUT2D eigenvalue weighted by molar-refractivity contribution is 0.590. The standard InChI is InChI=1S/C58H46BN2O2S/c1-57(2,3)35-24-27-37(28-25-35)60-54-42(30-29-39-38-18-10-13-21-46(38)63-55(39)54)51-50-40-19-11-14-22-47(40)62-48(50)33-45-53(51)59-52-41-20-12-15-23-49(41)64-56(52)61(45)44-31-26-36(58(4,5)6)32-43(44)34-16-8-7-9-17-34/h7-33,60H,1-6H3. The van der Waals surface area contributed by atoms with E-state index in [4.69, 9.17) is 8.83 Å². The predicted molar refractivity (Wildman–Crippen MR) is 274 cm³/mol. The van der Waals surface area contributed by atoms with Gasteiger partial charge in [0.1, 0.15) is 16.7 Å². The lowest BCUT2D eigenvalue weighted by Gasteiger charge is -2.35. The maximum Gasteiger partial charge on any atom is 0.199 e. The van der Waals surface area contributed by atoms with E-state index in [1.165, 1.54) is 42.8 Å². The fourth-order valence-corrected chi connectivity index (χ4v) is 10.9. The highest BCUT2D eigenvalue weighted by Crippen LogP contribution is 2.51. The molecule has 11 aromatic rings. The molecule has 8 aromatic carbocycles. The number of para-hydroxylation sites is 2. The highest BCUT2D eigenvalue weighted by Gasteiger charge is 2.35. The van der Waals surface area contributed by atoms with Crippen molar-refractivity contribution in [1.82, 2.24) is 0 Å². The van der Waals surface area contributed by atoms with Crippen molar-refractivity contribution in [3.8, 4) is 22.3 Å². The Bertz CT molecular complexity index is 3640. The summed E-state index contributed by atoms with van der Waals surface area (Å²) >= 11 is 1.84. The fraction of sp³-hybridized carbons (Fsp3) is 0.138. The van der Waals surface area contributed by atoms with Crippen molar-refractivity contribution in [2.45, 2.75) is 52.4 Å². The summed E-state index contributed by atoms with van der Waals surface area (Å²) in [7, 11) is 2.44. The van der Waals surface area contributed by atoms with E-state index < -0.39 is 0 Å². The smallest absolute Gasteiger partial charge is 0.199 e. The molecule has 1 aliphatic rings. The van der Waals surface area contributed by atoms with Crippen molar-refractivity contribution in [1.29, 1.82) is 0 Å². The maximum absolute atomic E-state index is 6.95. The molecule has 0 unspecified atom stereocenters. The van der Waals surface area contributed by atoms with Crippen LogP contribution >= 0.6 is 11.3 Å². The summed E-state index contributed by atoms with van der Waals surface area (Å²) in [6.45, 7) is 13.6. The van der Waals surface area contributed by atoms with Gasteiger partial charge in [-0.15, -0.1) is 11.3 Å². The SMILES string of the molecule is CC(C)(C)c1ccc(Nc2c(-c3c4c(cc5oc6ccccc6c35)N(c3ccc(C(C)(C)C)cc3-c3ccccc3)c3sc5ccccc5c3[B]4)ccc3c2oc2ccccc23)cc1. The summed E-state index contributed by atoms with van der Waals surface area (Å²) in [5, 5.41) is 10.7. The van der Waals surface area contributed by atoms with Gasteiger partial charge < -0.3 is 19.1 Å². The molecule has 6 heteroatoms. The van der Waals surface area contributed by atoms with Crippen molar-refractivity contribution in [2.75, 3.05) is 10.2 Å². The number of nitrogens with zero attached hydrogens (tertiary/aromatic N) is 1. The van der Waals surface area contributed by atoms with Crippen LogP contribution in [0.2, 0.25) is 0 Å². The van der Waals surface area contributed by atoms with Crippen molar-refractivity contribution >= 4 is 111 Å². The Balaban J connectivity index is 1.20. The van der Waals surface area contributed by atoms with Crippen molar-refractivity contribution in [3.05, 3.63) is 175 Å². The van der Waals surface area contributed by atoms with Gasteiger partial charge in [0.15, 0.2) is 12.9 Å². The Morgan fingerprint density at radius 3 is 1.92 bits per heavy atom. The van der Waals surface area contributed by atoms with Gasteiger partial charge in [0, 0.05) is 54.8 Å². The van der Waals surface area contributed by atoms with Crippen LogP contribution < -0.4 is 21.1 Å². The average Bonchev–Trinajstić information content (AvgIpc) is 3.99. The zero-order chi connectivity index (χ0) is 43.5. The third-order valence-electron chi connectivity index (χ3n) is 13.1. The van der Waals surface area contributed by atoms with Gasteiger partial charge in [-0.3, -0.25) is 0 Å². The lowest BCUT2D eigenvalue weighted by Crippen LogP contribution is -2.40. The third-order valence-corrected chi connectivity index (χ3v) is 14.2. The molecule has 0 aliphatic carbocycles.